The van der Waals surface area contributed by atoms with E-state index in [2.05, 4.69) is 0 Å². The third kappa shape index (κ3) is 1.94. The zero-order valence-electron chi connectivity index (χ0n) is 15.9. The van der Waals surface area contributed by atoms with Gasteiger partial charge in [-0.05, 0) is 19.4 Å². The quantitative estimate of drug-likeness (QED) is 0.770. The molecule has 3 fully saturated rings. The van der Waals surface area contributed by atoms with Crippen molar-refractivity contribution in [2.24, 2.45) is 0 Å². The maximum atomic E-state index is 13.4. The molecule has 3 aliphatic rings. The molecule has 3 saturated heterocycles. The molecule has 3 aliphatic heterocycles. The molecule has 4 unspecified atom stereocenters. The van der Waals surface area contributed by atoms with E-state index >= 15 is 0 Å². The summed E-state index contributed by atoms with van der Waals surface area (Å²) in [6.07, 6.45) is -1.26. The molecular formula is C22H22N2O4. The van der Waals surface area contributed by atoms with Crippen LogP contribution in [0.5, 0.6) is 0 Å². The first-order valence-electron chi connectivity index (χ1n) is 9.57. The predicted molar refractivity (Wildman–Crippen MR) is 101 cm³/mol. The van der Waals surface area contributed by atoms with Gasteiger partial charge >= 0.3 is 0 Å². The minimum absolute atomic E-state index is 0.105. The second-order valence-corrected chi connectivity index (χ2v) is 7.62. The predicted octanol–water partition coefficient (Wildman–Crippen LogP) is 2.42. The number of amides is 2. The average molecular weight is 378 g/mol. The second kappa shape index (κ2) is 5.90. The van der Waals surface area contributed by atoms with Crippen LogP contribution >= 0.6 is 0 Å². The second-order valence-electron chi connectivity index (χ2n) is 7.62. The van der Waals surface area contributed by atoms with E-state index in [9.17, 15) is 9.59 Å². The Balaban J connectivity index is 1.59. The molecular weight excluding hydrogens is 356 g/mol. The highest BCUT2D eigenvalue weighted by Crippen LogP contribution is 2.57. The Hall–Kier alpha value is -2.70. The Bertz CT molecular complexity index is 934. The van der Waals surface area contributed by atoms with E-state index in [0.29, 0.717) is 13.2 Å². The van der Waals surface area contributed by atoms with Crippen molar-refractivity contribution < 1.29 is 19.1 Å². The maximum Gasteiger partial charge on any atom is 0.259 e. The highest BCUT2D eigenvalue weighted by molar-refractivity contribution is 6.00. The monoisotopic (exact) mass is 378 g/mol. The number of fused-ring (bicyclic) bond motifs is 1. The Morgan fingerprint density at radius 2 is 1.64 bits per heavy atom. The highest BCUT2D eigenvalue weighted by atomic mass is 16.6. The summed E-state index contributed by atoms with van der Waals surface area (Å²) in [6, 6.07) is 19.1. The molecule has 0 spiro atoms. The Labute approximate surface area is 163 Å². The molecule has 0 N–H and O–H groups in total. The molecule has 0 bridgehead atoms. The van der Waals surface area contributed by atoms with Crippen LogP contribution in [-0.2, 0) is 24.8 Å². The van der Waals surface area contributed by atoms with Crippen LogP contribution in [0.4, 0.5) is 0 Å². The Morgan fingerprint density at radius 1 is 1.00 bits per heavy atom. The van der Waals surface area contributed by atoms with Gasteiger partial charge in [0.25, 0.3) is 11.8 Å². The number of carbonyl (C=O) groups excluding carboxylic acids is 2. The summed E-state index contributed by atoms with van der Waals surface area (Å²) in [5.74, 6) is -0.314. The van der Waals surface area contributed by atoms with Gasteiger partial charge < -0.3 is 14.4 Å². The molecule has 0 radical (unpaired) electrons. The lowest BCUT2D eigenvalue weighted by Gasteiger charge is -2.62. The van der Waals surface area contributed by atoms with Gasteiger partial charge in [0.1, 0.15) is 6.23 Å². The molecule has 0 aromatic heterocycles. The Morgan fingerprint density at radius 3 is 2.32 bits per heavy atom. The van der Waals surface area contributed by atoms with Crippen LogP contribution in [0.15, 0.2) is 60.7 Å². The van der Waals surface area contributed by atoms with Gasteiger partial charge in [-0.25, -0.2) is 0 Å². The minimum atomic E-state index is -1.16. The molecule has 6 nitrogen and oxygen atoms in total. The molecule has 6 heteroatoms. The van der Waals surface area contributed by atoms with Gasteiger partial charge in [-0.1, -0.05) is 60.7 Å². The first-order chi connectivity index (χ1) is 13.5. The van der Waals surface area contributed by atoms with Crippen molar-refractivity contribution in [3.05, 3.63) is 71.8 Å². The van der Waals surface area contributed by atoms with Crippen molar-refractivity contribution in [2.45, 2.75) is 37.4 Å². The number of hydrogen-bond acceptors (Lipinski definition) is 4. The van der Waals surface area contributed by atoms with Crippen LogP contribution in [0.3, 0.4) is 0 Å². The lowest BCUT2D eigenvalue weighted by molar-refractivity contribution is -0.256. The van der Waals surface area contributed by atoms with Crippen molar-refractivity contribution >= 4 is 11.8 Å². The SMILES string of the molecule is CC1OC(c2ccccc2)C(=O)N1C1(C)C(=O)N2CCOC21c1ccccc1. The van der Waals surface area contributed by atoms with Gasteiger partial charge in [0.2, 0.25) is 5.72 Å². The van der Waals surface area contributed by atoms with Gasteiger partial charge in [0.15, 0.2) is 11.6 Å². The third-order valence-corrected chi connectivity index (χ3v) is 6.23. The van der Waals surface area contributed by atoms with E-state index in [-0.39, 0.29) is 11.8 Å². The molecule has 5 rings (SSSR count). The zero-order chi connectivity index (χ0) is 19.5. The molecule has 2 aromatic rings. The topological polar surface area (TPSA) is 59.1 Å². The van der Waals surface area contributed by atoms with E-state index in [1.165, 1.54) is 0 Å². The van der Waals surface area contributed by atoms with Crippen LogP contribution < -0.4 is 0 Å². The molecule has 4 atom stereocenters. The van der Waals surface area contributed by atoms with Crippen LogP contribution in [-0.4, -0.2) is 46.5 Å². The Kier molecular flexibility index (Phi) is 3.66. The summed E-state index contributed by atoms with van der Waals surface area (Å²) >= 11 is 0. The fourth-order valence-electron chi connectivity index (χ4n) is 5.03. The fraction of sp³-hybridized carbons (Fsp3) is 0.364. The fourth-order valence-corrected chi connectivity index (χ4v) is 5.03. The van der Waals surface area contributed by atoms with Crippen LogP contribution in [0.1, 0.15) is 31.1 Å². The number of rotatable bonds is 3. The van der Waals surface area contributed by atoms with Crippen LogP contribution in [0, 0.1) is 0 Å². The molecule has 3 heterocycles. The van der Waals surface area contributed by atoms with Gasteiger partial charge in [0, 0.05) is 12.1 Å². The standard InChI is InChI=1S/C22H22N2O4/c1-15-24(19(25)18(28-15)16-9-5-3-6-10-16)21(2)20(26)23-13-14-27-22(21,23)17-11-7-4-8-12-17/h3-12,15,18H,13-14H2,1-2H3. The summed E-state index contributed by atoms with van der Waals surface area (Å²) in [5, 5.41) is 0. The summed E-state index contributed by atoms with van der Waals surface area (Å²) in [6.45, 7) is 4.57. The first kappa shape index (κ1) is 17.4. The summed E-state index contributed by atoms with van der Waals surface area (Å²) in [7, 11) is 0. The third-order valence-electron chi connectivity index (χ3n) is 6.23. The lowest BCUT2D eigenvalue weighted by Crippen LogP contribution is -2.83. The normalized spacial score (nSPS) is 34.5. The van der Waals surface area contributed by atoms with Gasteiger partial charge in [-0.2, -0.15) is 0 Å². The van der Waals surface area contributed by atoms with Crippen LogP contribution in [0.25, 0.3) is 0 Å². The van der Waals surface area contributed by atoms with E-state index in [0.717, 1.165) is 11.1 Å². The zero-order valence-corrected chi connectivity index (χ0v) is 15.9. The van der Waals surface area contributed by atoms with E-state index in [4.69, 9.17) is 9.47 Å². The van der Waals surface area contributed by atoms with Gasteiger partial charge in [-0.15, -0.1) is 0 Å². The van der Waals surface area contributed by atoms with Gasteiger partial charge in [0.05, 0.1) is 6.61 Å². The first-order valence-corrected chi connectivity index (χ1v) is 9.57. The van der Waals surface area contributed by atoms with Gasteiger partial charge in [-0.3, -0.25) is 14.5 Å². The van der Waals surface area contributed by atoms with Crippen molar-refractivity contribution in [2.75, 3.05) is 13.2 Å². The molecule has 144 valence electrons. The molecule has 0 saturated carbocycles. The summed E-state index contributed by atoms with van der Waals surface area (Å²) < 4.78 is 12.2. The van der Waals surface area contributed by atoms with E-state index in [1.54, 1.807) is 16.7 Å². The molecule has 2 amide bonds. The van der Waals surface area contributed by atoms with E-state index < -0.39 is 23.6 Å². The number of nitrogens with zero attached hydrogens (tertiary/aromatic N) is 2. The molecule has 28 heavy (non-hydrogen) atoms. The van der Waals surface area contributed by atoms with Crippen LogP contribution in [0.2, 0.25) is 0 Å². The number of ether oxygens (including phenoxy) is 2. The van der Waals surface area contributed by atoms with Crippen molar-refractivity contribution in [1.82, 2.24) is 9.80 Å². The van der Waals surface area contributed by atoms with Crippen molar-refractivity contribution in [3.63, 3.8) is 0 Å². The minimum Gasteiger partial charge on any atom is -0.347 e. The summed E-state index contributed by atoms with van der Waals surface area (Å²) in [4.78, 5) is 30.0. The molecule has 2 aromatic carbocycles. The lowest BCUT2D eigenvalue weighted by atomic mass is 9.71. The maximum absolute atomic E-state index is 13.4. The van der Waals surface area contributed by atoms with Crippen molar-refractivity contribution in [1.29, 1.82) is 0 Å². The van der Waals surface area contributed by atoms with Crippen molar-refractivity contribution in [3.8, 4) is 0 Å². The number of β-lactam (4-membered cyclic amide) rings is 1. The van der Waals surface area contributed by atoms with E-state index in [1.807, 2.05) is 67.6 Å². The smallest absolute Gasteiger partial charge is 0.259 e. The molecule has 0 aliphatic carbocycles. The number of benzene rings is 2. The largest absolute Gasteiger partial charge is 0.347 e. The number of carbonyl (C=O) groups is 2. The average Bonchev–Trinajstić information content (AvgIpc) is 3.28. The number of hydrogen-bond donors (Lipinski definition) is 0. The highest BCUT2D eigenvalue weighted by Gasteiger charge is 2.77. The summed E-state index contributed by atoms with van der Waals surface area (Å²) in [5.41, 5.74) is -0.484.